The van der Waals surface area contributed by atoms with Crippen molar-refractivity contribution < 1.29 is 4.74 Å². The molecule has 1 aromatic heterocycles. The number of benzene rings is 1. The molecule has 0 bridgehead atoms. The molecule has 2 rings (SSSR count). The Morgan fingerprint density at radius 3 is 2.63 bits per heavy atom. The van der Waals surface area contributed by atoms with Crippen LogP contribution in [0.5, 0.6) is 5.75 Å². The molecule has 0 aliphatic rings. The first-order valence-electron chi connectivity index (χ1n) is 5.88. The third kappa shape index (κ3) is 2.50. The molecule has 1 aromatic carbocycles. The summed E-state index contributed by atoms with van der Waals surface area (Å²) in [6.07, 6.45) is 1.76. The summed E-state index contributed by atoms with van der Waals surface area (Å²) in [5.74, 6) is 1.44. The lowest BCUT2D eigenvalue weighted by Gasteiger charge is -2.14. The van der Waals surface area contributed by atoms with E-state index in [1.165, 1.54) is 0 Å². The summed E-state index contributed by atoms with van der Waals surface area (Å²) in [6.45, 7) is 0. The highest BCUT2D eigenvalue weighted by atomic mass is 16.5. The van der Waals surface area contributed by atoms with E-state index in [-0.39, 0.29) is 0 Å². The normalized spacial score (nSPS) is 9.79. The monoisotopic (exact) mass is 253 g/mol. The maximum absolute atomic E-state index is 9.22. The van der Waals surface area contributed by atoms with Crippen LogP contribution in [0.2, 0.25) is 0 Å². The number of nitrogens with zero attached hydrogens (tertiary/aromatic N) is 3. The summed E-state index contributed by atoms with van der Waals surface area (Å²) in [6, 6.07) is 11.7. The summed E-state index contributed by atoms with van der Waals surface area (Å²) in [4.78, 5) is 6.17. The number of nitriles is 1. The lowest BCUT2D eigenvalue weighted by molar-refractivity contribution is 0.416. The number of methoxy groups -OCH3 is 1. The molecule has 4 heteroatoms. The van der Waals surface area contributed by atoms with Crippen molar-refractivity contribution in [2.75, 3.05) is 26.1 Å². The summed E-state index contributed by atoms with van der Waals surface area (Å²) in [5.41, 5.74) is 2.35. The Morgan fingerprint density at radius 1 is 1.26 bits per heavy atom. The van der Waals surface area contributed by atoms with E-state index < -0.39 is 0 Å². The molecular weight excluding hydrogens is 238 g/mol. The van der Waals surface area contributed by atoms with E-state index in [1.807, 2.05) is 49.3 Å². The summed E-state index contributed by atoms with van der Waals surface area (Å²) in [7, 11) is 5.36. The highest BCUT2D eigenvalue weighted by Crippen LogP contribution is 2.31. The molecule has 0 saturated carbocycles. The number of hydrogen-bond acceptors (Lipinski definition) is 4. The zero-order valence-corrected chi connectivity index (χ0v) is 11.2. The molecule has 0 atom stereocenters. The minimum Gasteiger partial charge on any atom is -0.496 e. The number of hydrogen-bond donors (Lipinski definition) is 0. The molecule has 0 spiro atoms. The Hall–Kier alpha value is -2.54. The number of pyridine rings is 1. The largest absolute Gasteiger partial charge is 0.496 e. The Bertz CT molecular complexity index is 630. The van der Waals surface area contributed by atoms with Gasteiger partial charge in [-0.1, -0.05) is 18.2 Å². The Balaban J connectivity index is 2.56. The van der Waals surface area contributed by atoms with Crippen LogP contribution >= 0.6 is 0 Å². The first-order valence-corrected chi connectivity index (χ1v) is 5.88. The maximum Gasteiger partial charge on any atom is 0.146 e. The third-order valence-corrected chi connectivity index (χ3v) is 2.83. The average Bonchev–Trinajstić information content (AvgIpc) is 2.46. The molecule has 0 fully saturated rings. The van der Waals surface area contributed by atoms with Gasteiger partial charge in [0.2, 0.25) is 0 Å². The molecule has 0 saturated heterocycles. The van der Waals surface area contributed by atoms with Gasteiger partial charge in [-0.15, -0.1) is 0 Å². The van der Waals surface area contributed by atoms with Crippen molar-refractivity contribution >= 4 is 5.82 Å². The molecule has 0 unspecified atom stereocenters. The predicted molar refractivity (Wildman–Crippen MR) is 75.3 cm³/mol. The fourth-order valence-corrected chi connectivity index (χ4v) is 1.93. The topological polar surface area (TPSA) is 49.1 Å². The van der Waals surface area contributed by atoms with Crippen molar-refractivity contribution in [1.82, 2.24) is 4.98 Å². The van der Waals surface area contributed by atoms with Gasteiger partial charge in [-0.05, 0) is 12.1 Å². The van der Waals surface area contributed by atoms with E-state index in [2.05, 4.69) is 11.1 Å². The molecule has 0 radical (unpaired) electrons. The van der Waals surface area contributed by atoms with E-state index in [4.69, 9.17) is 4.74 Å². The lowest BCUT2D eigenvalue weighted by atomic mass is 10.0. The Morgan fingerprint density at radius 2 is 2.00 bits per heavy atom. The molecule has 19 heavy (non-hydrogen) atoms. The van der Waals surface area contributed by atoms with Crippen LogP contribution in [0.25, 0.3) is 11.1 Å². The zero-order chi connectivity index (χ0) is 13.8. The van der Waals surface area contributed by atoms with Crippen LogP contribution < -0.4 is 9.64 Å². The highest BCUT2D eigenvalue weighted by Gasteiger charge is 2.10. The van der Waals surface area contributed by atoms with E-state index in [1.54, 1.807) is 13.3 Å². The second kappa shape index (κ2) is 5.40. The van der Waals surface area contributed by atoms with Crippen molar-refractivity contribution in [3.05, 3.63) is 42.1 Å². The van der Waals surface area contributed by atoms with Gasteiger partial charge in [-0.2, -0.15) is 5.26 Å². The van der Waals surface area contributed by atoms with Crippen LogP contribution in [0.1, 0.15) is 5.56 Å². The molecule has 96 valence electrons. The highest BCUT2D eigenvalue weighted by molar-refractivity contribution is 5.73. The van der Waals surface area contributed by atoms with Crippen molar-refractivity contribution in [3.8, 4) is 22.9 Å². The van der Waals surface area contributed by atoms with Crippen LogP contribution in [0, 0.1) is 11.3 Å². The standard InChI is InChI=1S/C15H15N3O/c1-18(2)15-11(9-16)8-12(10-17-15)13-6-4-5-7-14(13)19-3/h4-8,10H,1-3H3. The van der Waals surface area contributed by atoms with Crippen LogP contribution in [0.4, 0.5) is 5.82 Å². The van der Waals surface area contributed by atoms with Gasteiger partial charge in [0.15, 0.2) is 0 Å². The van der Waals surface area contributed by atoms with Crippen molar-refractivity contribution in [2.24, 2.45) is 0 Å². The fourth-order valence-electron chi connectivity index (χ4n) is 1.93. The molecule has 4 nitrogen and oxygen atoms in total. The summed E-state index contributed by atoms with van der Waals surface area (Å²) in [5, 5.41) is 9.22. The van der Waals surface area contributed by atoms with Gasteiger partial charge in [0, 0.05) is 31.4 Å². The van der Waals surface area contributed by atoms with Gasteiger partial charge in [-0.3, -0.25) is 0 Å². The third-order valence-electron chi connectivity index (χ3n) is 2.83. The van der Waals surface area contributed by atoms with Gasteiger partial charge < -0.3 is 9.64 Å². The minimum absolute atomic E-state index is 0.549. The molecule has 0 aliphatic carbocycles. The quantitative estimate of drug-likeness (QED) is 0.843. The second-order valence-corrected chi connectivity index (χ2v) is 4.30. The van der Waals surface area contributed by atoms with Gasteiger partial charge in [0.05, 0.1) is 12.7 Å². The first-order chi connectivity index (χ1) is 9.17. The Kier molecular flexibility index (Phi) is 3.67. The van der Waals surface area contributed by atoms with E-state index in [9.17, 15) is 5.26 Å². The Labute approximate surface area is 112 Å². The SMILES string of the molecule is COc1ccccc1-c1cnc(N(C)C)c(C#N)c1. The van der Waals surface area contributed by atoms with Crippen LogP contribution in [0.15, 0.2) is 36.5 Å². The summed E-state index contributed by atoms with van der Waals surface area (Å²) >= 11 is 0. The lowest BCUT2D eigenvalue weighted by Crippen LogP contribution is -2.12. The van der Waals surface area contributed by atoms with Crippen LogP contribution in [-0.4, -0.2) is 26.2 Å². The van der Waals surface area contributed by atoms with Gasteiger partial charge in [0.1, 0.15) is 17.6 Å². The minimum atomic E-state index is 0.549. The molecule has 2 aromatic rings. The summed E-state index contributed by atoms with van der Waals surface area (Å²) < 4.78 is 5.33. The van der Waals surface area contributed by atoms with E-state index in [0.29, 0.717) is 11.4 Å². The molecule has 0 aliphatic heterocycles. The first kappa shape index (κ1) is 12.9. The van der Waals surface area contributed by atoms with Gasteiger partial charge in [0.25, 0.3) is 0 Å². The average molecular weight is 253 g/mol. The van der Waals surface area contributed by atoms with Crippen molar-refractivity contribution in [1.29, 1.82) is 5.26 Å². The fraction of sp³-hybridized carbons (Fsp3) is 0.200. The van der Waals surface area contributed by atoms with Gasteiger partial charge in [-0.25, -0.2) is 4.98 Å². The molecular formula is C15H15N3O. The zero-order valence-electron chi connectivity index (χ0n) is 11.2. The number of ether oxygens (including phenoxy) is 1. The van der Waals surface area contributed by atoms with Crippen molar-refractivity contribution in [3.63, 3.8) is 0 Å². The van der Waals surface area contributed by atoms with Crippen LogP contribution in [-0.2, 0) is 0 Å². The van der Waals surface area contributed by atoms with E-state index in [0.717, 1.165) is 16.9 Å². The van der Waals surface area contributed by atoms with Gasteiger partial charge >= 0.3 is 0 Å². The molecule has 1 heterocycles. The maximum atomic E-state index is 9.22. The van der Waals surface area contributed by atoms with E-state index >= 15 is 0 Å². The smallest absolute Gasteiger partial charge is 0.146 e. The number of aromatic nitrogens is 1. The predicted octanol–water partition coefficient (Wildman–Crippen LogP) is 2.69. The van der Waals surface area contributed by atoms with Crippen LogP contribution in [0.3, 0.4) is 0 Å². The number of anilines is 1. The number of rotatable bonds is 3. The molecule has 0 amide bonds. The second-order valence-electron chi connectivity index (χ2n) is 4.30. The van der Waals surface area contributed by atoms with Crippen molar-refractivity contribution in [2.45, 2.75) is 0 Å². The molecule has 0 N–H and O–H groups in total. The number of para-hydroxylation sites is 1.